The first-order valence-corrected chi connectivity index (χ1v) is 4.95. The number of aromatic nitrogens is 3. The van der Waals surface area contributed by atoms with Gasteiger partial charge in [0.05, 0.1) is 6.04 Å². The van der Waals surface area contributed by atoms with Gasteiger partial charge in [0.25, 0.3) is 0 Å². The van der Waals surface area contributed by atoms with Gasteiger partial charge in [0.15, 0.2) is 5.82 Å². The molecule has 1 N–H and O–H groups in total. The van der Waals surface area contributed by atoms with E-state index in [0.717, 1.165) is 12.4 Å². The molecule has 1 aliphatic heterocycles. The topological polar surface area (TPSA) is 42.7 Å². The van der Waals surface area contributed by atoms with Crippen molar-refractivity contribution in [3.63, 3.8) is 0 Å². The summed E-state index contributed by atoms with van der Waals surface area (Å²) in [6.45, 7) is 1.10. The highest BCUT2D eigenvalue weighted by Gasteiger charge is 2.16. The molecule has 0 spiro atoms. The molecule has 1 aromatic heterocycles. The van der Waals surface area contributed by atoms with Crippen molar-refractivity contribution in [2.45, 2.75) is 31.7 Å². The van der Waals surface area contributed by atoms with E-state index in [4.69, 9.17) is 0 Å². The van der Waals surface area contributed by atoms with Crippen molar-refractivity contribution in [2.24, 2.45) is 7.05 Å². The summed E-state index contributed by atoms with van der Waals surface area (Å²) in [6, 6.07) is 0.378. The van der Waals surface area contributed by atoms with Crippen LogP contribution in [0, 0.1) is 0 Å². The van der Waals surface area contributed by atoms with Crippen LogP contribution in [0.3, 0.4) is 0 Å². The molecule has 0 aliphatic carbocycles. The SMILES string of the molecule is Cn1cnc(C2CCCCCN2)n1. The van der Waals surface area contributed by atoms with Crippen LogP contribution in [0.5, 0.6) is 0 Å². The molecule has 72 valence electrons. The van der Waals surface area contributed by atoms with Crippen molar-refractivity contribution in [1.29, 1.82) is 0 Å². The van der Waals surface area contributed by atoms with Crippen molar-refractivity contribution in [3.8, 4) is 0 Å². The first-order chi connectivity index (χ1) is 6.36. The molecular weight excluding hydrogens is 164 g/mol. The van der Waals surface area contributed by atoms with Crippen molar-refractivity contribution < 1.29 is 0 Å². The number of nitrogens with zero attached hydrogens (tertiary/aromatic N) is 3. The lowest BCUT2D eigenvalue weighted by Crippen LogP contribution is -2.21. The van der Waals surface area contributed by atoms with Crippen molar-refractivity contribution in [2.75, 3.05) is 6.54 Å². The van der Waals surface area contributed by atoms with Crippen LogP contribution in [0.2, 0.25) is 0 Å². The Balaban J connectivity index is 2.06. The van der Waals surface area contributed by atoms with Crippen LogP contribution in [-0.4, -0.2) is 21.3 Å². The van der Waals surface area contributed by atoms with E-state index in [1.807, 2.05) is 7.05 Å². The largest absolute Gasteiger partial charge is 0.307 e. The summed E-state index contributed by atoms with van der Waals surface area (Å²) in [7, 11) is 1.91. The summed E-state index contributed by atoms with van der Waals surface area (Å²) < 4.78 is 1.77. The maximum absolute atomic E-state index is 4.32. The second-order valence-electron chi connectivity index (χ2n) is 3.63. The normalized spacial score (nSPS) is 24.2. The van der Waals surface area contributed by atoms with E-state index in [2.05, 4.69) is 15.4 Å². The van der Waals surface area contributed by atoms with Gasteiger partial charge in [0.2, 0.25) is 0 Å². The zero-order valence-electron chi connectivity index (χ0n) is 8.03. The predicted octanol–water partition coefficient (Wildman–Crippen LogP) is 1.02. The summed E-state index contributed by atoms with van der Waals surface area (Å²) in [6.07, 6.45) is 6.83. The third kappa shape index (κ3) is 2.06. The number of nitrogens with one attached hydrogen (secondary N) is 1. The van der Waals surface area contributed by atoms with Gasteiger partial charge in [-0.15, -0.1) is 0 Å². The Kier molecular flexibility index (Phi) is 2.59. The lowest BCUT2D eigenvalue weighted by atomic mass is 10.1. The summed E-state index contributed by atoms with van der Waals surface area (Å²) in [5.41, 5.74) is 0. The van der Waals surface area contributed by atoms with E-state index in [1.165, 1.54) is 25.7 Å². The number of rotatable bonds is 1. The molecule has 0 amide bonds. The van der Waals surface area contributed by atoms with Crippen LogP contribution in [0.4, 0.5) is 0 Å². The molecule has 0 bridgehead atoms. The Morgan fingerprint density at radius 2 is 2.38 bits per heavy atom. The second-order valence-corrected chi connectivity index (χ2v) is 3.63. The Labute approximate surface area is 78.4 Å². The third-order valence-corrected chi connectivity index (χ3v) is 2.49. The van der Waals surface area contributed by atoms with E-state index in [-0.39, 0.29) is 0 Å². The zero-order valence-corrected chi connectivity index (χ0v) is 8.03. The highest BCUT2D eigenvalue weighted by molar-refractivity contribution is 4.92. The van der Waals surface area contributed by atoms with Crippen LogP contribution >= 0.6 is 0 Å². The van der Waals surface area contributed by atoms with Crippen LogP contribution in [0.25, 0.3) is 0 Å². The maximum Gasteiger partial charge on any atom is 0.167 e. The minimum Gasteiger partial charge on any atom is -0.307 e. The fraction of sp³-hybridized carbons (Fsp3) is 0.778. The first-order valence-electron chi connectivity index (χ1n) is 4.95. The van der Waals surface area contributed by atoms with Crippen LogP contribution in [0.1, 0.15) is 37.5 Å². The van der Waals surface area contributed by atoms with Gasteiger partial charge in [-0.1, -0.05) is 12.8 Å². The molecule has 1 aromatic rings. The van der Waals surface area contributed by atoms with Crippen LogP contribution in [-0.2, 0) is 7.05 Å². The highest BCUT2D eigenvalue weighted by atomic mass is 15.3. The summed E-state index contributed by atoms with van der Waals surface area (Å²) in [5, 5.41) is 7.79. The summed E-state index contributed by atoms with van der Waals surface area (Å²) in [5.74, 6) is 0.949. The number of hydrogen-bond acceptors (Lipinski definition) is 3. The molecule has 1 fully saturated rings. The summed E-state index contributed by atoms with van der Waals surface area (Å²) >= 11 is 0. The van der Waals surface area contributed by atoms with Gasteiger partial charge >= 0.3 is 0 Å². The molecule has 2 heterocycles. The number of aryl methyl sites for hydroxylation is 1. The highest BCUT2D eigenvalue weighted by Crippen LogP contribution is 2.18. The second kappa shape index (κ2) is 3.87. The minimum absolute atomic E-state index is 0.378. The Morgan fingerprint density at radius 1 is 1.46 bits per heavy atom. The van der Waals surface area contributed by atoms with Crippen LogP contribution < -0.4 is 5.32 Å². The van der Waals surface area contributed by atoms with Crippen molar-refractivity contribution in [1.82, 2.24) is 20.1 Å². The fourth-order valence-electron chi connectivity index (χ4n) is 1.76. The van der Waals surface area contributed by atoms with Gasteiger partial charge in [-0.05, 0) is 19.4 Å². The lowest BCUT2D eigenvalue weighted by molar-refractivity contribution is 0.504. The molecule has 0 aromatic carbocycles. The van der Waals surface area contributed by atoms with Gasteiger partial charge in [-0.25, -0.2) is 4.98 Å². The molecule has 4 heteroatoms. The molecule has 1 atom stereocenters. The number of hydrogen-bond donors (Lipinski definition) is 1. The fourth-order valence-corrected chi connectivity index (χ4v) is 1.76. The molecule has 0 saturated carbocycles. The van der Waals surface area contributed by atoms with Gasteiger partial charge in [-0.3, -0.25) is 4.68 Å². The third-order valence-electron chi connectivity index (χ3n) is 2.49. The summed E-state index contributed by atoms with van der Waals surface area (Å²) in [4.78, 5) is 4.27. The Morgan fingerprint density at radius 3 is 3.15 bits per heavy atom. The molecule has 1 unspecified atom stereocenters. The molecule has 1 saturated heterocycles. The maximum atomic E-state index is 4.32. The molecule has 13 heavy (non-hydrogen) atoms. The van der Waals surface area contributed by atoms with E-state index in [0.29, 0.717) is 6.04 Å². The van der Waals surface area contributed by atoms with E-state index in [9.17, 15) is 0 Å². The van der Waals surface area contributed by atoms with Gasteiger partial charge in [-0.2, -0.15) is 5.10 Å². The minimum atomic E-state index is 0.378. The molecular formula is C9H16N4. The average Bonchev–Trinajstić information content (AvgIpc) is 2.43. The molecule has 1 aliphatic rings. The van der Waals surface area contributed by atoms with Gasteiger partial charge in [0, 0.05) is 7.05 Å². The predicted molar refractivity (Wildman–Crippen MR) is 50.2 cm³/mol. The molecule has 2 rings (SSSR count). The Hall–Kier alpha value is -0.900. The van der Waals surface area contributed by atoms with Gasteiger partial charge in [0.1, 0.15) is 6.33 Å². The quantitative estimate of drug-likeness (QED) is 0.701. The van der Waals surface area contributed by atoms with Gasteiger partial charge < -0.3 is 5.32 Å². The lowest BCUT2D eigenvalue weighted by Gasteiger charge is -2.10. The monoisotopic (exact) mass is 180 g/mol. The molecule has 0 radical (unpaired) electrons. The van der Waals surface area contributed by atoms with Crippen molar-refractivity contribution in [3.05, 3.63) is 12.2 Å². The first kappa shape index (κ1) is 8.69. The van der Waals surface area contributed by atoms with Crippen molar-refractivity contribution >= 4 is 0 Å². The standard InChI is InChI=1S/C9H16N4/c1-13-7-11-9(12-13)8-5-3-2-4-6-10-8/h7-8,10H,2-6H2,1H3. The zero-order chi connectivity index (χ0) is 9.10. The smallest absolute Gasteiger partial charge is 0.167 e. The average molecular weight is 180 g/mol. The van der Waals surface area contributed by atoms with E-state index >= 15 is 0 Å². The van der Waals surface area contributed by atoms with E-state index < -0.39 is 0 Å². The van der Waals surface area contributed by atoms with E-state index in [1.54, 1.807) is 11.0 Å². The molecule has 4 nitrogen and oxygen atoms in total. The van der Waals surface area contributed by atoms with Crippen LogP contribution in [0.15, 0.2) is 6.33 Å². The Bertz CT molecular complexity index is 260.